The number of ether oxygens (including phenoxy) is 1. The number of carbonyl (C=O) groups is 1. The van der Waals surface area contributed by atoms with Gasteiger partial charge in [0.25, 0.3) is 0 Å². The van der Waals surface area contributed by atoms with Crippen LogP contribution in [0.3, 0.4) is 0 Å². The fourth-order valence-corrected chi connectivity index (χ4v) is 1.25. The highest BCUT2D eigenvalue weighted by molar-refractivity contribution is 5.80. The van der Waals surface area contributed by atoms with Gasteiger partial charge in [0, 0.05) is 19.7 Å². The van der Waals surface area contributed by atoms with Crippen LogP contribution in [-0.2, 0) is 9.53 Å². The van der Waals surface area contributed by atoms with Gasteiger partial charge in [-0.05, 0) is 6.07 Å². The van der Waals surface area contributed by atoms with Gasteiger partial charge in [-0.2, -0.15) is 0 Å². The van der Waals surface area contributed by atoms with E-state index in [2.05, 4.69) is 15.6 Å². The fourth-order valence-electron chi connectivity index (χ4n) is 1.25. The van der Waals surface area contributed by atoms with Gasteiger partial charge in [-0.1, -0.05) is 0 Å². The van der Waals surface area contributed by atoms with Crippen molar-refractivity contribution in [2.24, 2.45) is 0 Å². The molecule has 0 aromatic carbocycles. The lowest BCUT2D eigenvalue weighted by atomic mass is 10.4. The highest BCUT2D eigenvalue weighted by Gasteiger charge is 2.12. The fraction of sp³-hybridized carbons (Fsp3) is 0.400. The minimum absolute atomic E-state index is 0.00599. The van der Waals surface area contributed by atoms with Crippen molar-refractivity contribution in [2.75, 3.05) is 37.9 Å². The summed E-state index contributed by atoms with van der Waals surface area (Å²) in [6, 6.07) is 2.62. The molecule has 1 amide bonds. The van der Waals surface area contributed by atoms with Crippen molar-refractivity contribution in [3.63, 3.8) is 0 Å². The van der Waals surface area contributed by atoms with E-state index in [-0.39, 0.29) is 24.0 Å². The minimum Gasteiger partial charge on any atom is -0.383 e. The quantitative estimate of drug-likeness (QED) is 0.353. The first-order valence-electron chi connectivity index (χ1n) is 5.45. The van der Waals surface area contributed by atoms with Crippen molar-refractivity contribution in [3.8, 4) is 0 Å². The second-order valence-electron chi connectivity index (χ2n) is 3.55. The number of rotatable bonds is 7. The first kappa shape index (κ1) is 14.6. The van der Waals surface area contributed by atoms with Crippen molar-refractivity contribution in [1.82, 2.24) is 10.3 Å². The summed E-state index contributed by atoms with van der Waals surface area (Å²) in [6.07, 6.45) is 0. The van der Waals surface area contributed by atoms with Crippen LogP contribution >= 0.6 is 0 Å². The number of hydrogen-bond acceptors (Lipinski definition) is 7. The van der Waals surface area contributed by atoms with E-state index in [9.17, 15) is 14.9 Å². The molecule has 1 aromatic rings. The van der Waals surface area contributed by atoms with Crippen molar-refractivity contribution < 1.29 is 14.5 Å². The topological polar surface area (TPSA) is 132 Å². The SMILES string of the molecule is COCCNC(=O)CNc1ccc([N+](=O)[O-])c(N)n1. The van der Waals surface area contributed by atoms with Gasteiger partial charge < -0.3 is 21.1 Å². The van der Waals surface area contributed by atoms with E-state index in [4.69, 9.17) is 10.5 Å². The summed E-state index contributed by atoms with van der Waals surface area (Å²) in [7, 11) is 1.54. The van der Waals surface area contributed by atoms with Gasteiger partial charge in [-0.3, -0.25) is 14.9 Å². The van der Waals surface area contributed by atoms with Crippen LogP contribution in [0, 0.1) is 10.1 Å². The number of carbonyl (C=O) groups excluding carboxylic acids is 1. The molecule has 1 rings (SSSR count). The summed E-state index contributed by atoms with van der Waals surface area (Å²) in [5.41, 5.74) is 5.15. The van der Waals surface area contributed by atoms with Gasteiger partial charge in [-0.25, -0.2) is 4.98 Å². The third-order valence-corrected chi connectivity index (χ3v) is 2.16. The number of aromatic nitrogens is 1. The smallest absolute Gasteiger partial charge is 0.311 e. The summed E-state index contributed by atoms with van der Waals surface area (Å²) in [4.78, 5) is 25.1. The maximum Gasteiger partial charge on any atom is 0.311 e. The highest BCUT2D eigenvalue weighted by Crippen LogP contribution is 2.20. The molecule has 9 nitrogen and oxygen atoms in total. The number of methoxy groups -OCH3 is 1. The van der Waals surface area contributed by atoms with E-state index in [1.54, 1.807) is 0 Å². The first-order chi connectivity index (χ1) is 9.04. The van der Waals surface area contributed by atoms with E-state index in [0.717, 1.165) is 0 Å². The molecular formula is C10H15N5O4. The summed E-state index contributed by atoms with van der Waals surface area (Å²) in [6.45, 7) is 0.829. The van der Waals surface area contributed by atoms with Gasteiger partial charge >= 0.3 is 5.69 Å². The van der Waals surface area contributed by atoms with Crippen LogP contribution in [0.1, 0.15) is 0 Å². The van der Waals surface area contributed by atoms with E-state index >= 15 is 0 Å². The zero-order valence-corrected chi connectivity index (χ0v) is 10.4. The maximum atomic E-state index is 11.4. The molecule has 0 aliphatic heterocycles. The Morgan fingerprint density at radius 3 is 2.89 bits per heavy atom. The van der Waals surface area contributed by atoms with Gasteiger partial charge in [0.2, 0.25) is 11.7 Å². The molecule has 1 heterocycles. The van der Waals surface area contributed by atoms with Gasteiger partial charge in [-0.15, -0.1) is 0 Å². The molecule has 0 saturated carbocycles. The standard InChI is InChI=1S/C10H15N5O4/c1-19-5-4-12-9(16)6-13-8-3-2-7(15(17)18)10(11)14-8/h2-3H,4-6H2,1H3,(H,12,16)(H3,11,13,14). The van der Waals surface area contributed by atoms with Gasteiger partial charge in [0.1, 0.15) is 5.82 Å². The Bertz CT molecular complexity index is 465. The van der Waals surface area contributed by atoms with Crippen molar-refractivity contribution in [2.45, 2.75) is 0 Å². The number of nitrogens with zero attached hydrogens (tertiary/aromatic N) is 2. The monoisotopic (exact) mass is 269 g/mol. The van der Waals surface area contributed by atoms with E-state index in [1.165, 1.54) is 19.2 Å². The van der Waals surface area contributed by atoms with E-state index < -0.39 is 4.92 Å². The Hall–Kier alpha value is -2.42. The molecule has 0 fully saturated rings. The van der Waals surface area contributed by atoms with Crippen LogP contribution in [0.5, 0.6) is 0 Å². The average Bonchev–Trinajstić information content (AvgIpc) is 2.36. The lowest BCUT2D eigenvalue weighted by Gasteiger charge is -2.07. The molecule has 104 valence electrons. The molecular weight excluding hydrogens is 254 g/mol. The third kappa shape index (κ3) is 4.76. The molecule has 19 heavy (non-hydrogen) atoms. The average molecular weight is 269 g/mol. The van der Waals surface area contributed by atoms with Crippen LogP contribution in [0.4, 0.5) is 17.3 Å². The lowest BCUT2D eigenvalue weighted by Crippen LogP contribution is -2.32. The van der Waals surface area contributed by atoms with Crippen molar-refractivity contribution in [1.29, 1.82) is 0 Å². The molecule has 4 N–H and O–H groups in total. The molecule has 0 aliphatic rings. The number of amides is 1. The summed E-state index contributed by atoms with van der Waals surface area (Å²) in [5, 5.41) is 15.9. The van der Waals surface area contributed by atoms with E-state index in [0.29, 0.717) is 19.0 Å². The van der Waals surface area contributed by atoms with Crippen LogP contribution in [0.2, 0.25) is 0 Å². The molecule has 0 radical (unpaired) electrons. The molecule has 1 aromatic heterocycles. The maximum absolute atomic E-state index is 11.4. The molecule has 0 unspecified atom stereocenters. The minimum atomic E-state index is -0.621. The van der Waals surface area contributed by atoms with E-state index in [1.807, 2.05) is 0 Å². The number of nitro groups is 1. The molecule has 9 heteroatoms. The van der Waals surface area contributed by atoms with Crippen molar-refractivity contribution in [3.05, 3.63) is 22.2 Å². The molecule has 0 aliphatic carbocycles. The van der Waals surface area contributed by atoms with Crippen LogP contribution < -0.4 is 16.4 Å². The molecule has 0 saturated heterocycles. The number of nitrogen functional groups attached to an aromatic ring is 1. The Morgan fingerprint density at radius 1 is 1.58 bits per heavy atom. The predicted molar refractivity (Wildman–Crippen MR) is 68.7 cm³/mol. The summed E-state index contributed by atoms with van der Waals surface area (Å²) >= 11 is 0. The second kappa shape index (κ2) is 7.11. The van der Waals surface area contributed by atoms with Crippen LogP contribution in [-0.4, -0.2) is 42.6 Å². The van der Waals surface area contributed by atoms with Gasteiger partial charge in [0.15, 0.2) is 0 Å². The largest absolute Gasteiger partial charge is 0.383 e. The second-order valence-corrected chi connectivity index (χ2v) is 3.55. The Labute approximate surface area is 109 Å². The lowest BCUT2D eigenvalue weighted by molar-refractivity contribution is -0.384. The number of pyridine rings is 1. The number of anilines is 2. The Kier molecular flexibility index (Phi) is 5.48. The van der Waals surface area contributed by atoms with Crippen LogP contribution in [0.15, 0.2) is 12.1 Å². The number of nitrogens with two attached hydrogens (primary N) is 1. The number of hydrogen-bond donors (Lipinski definition) is 3. The third-order valence-electron chi connectivity index (χ3n) is 2.16. The molecule has 0 atom stereocenters. The zero-order valence-electron chi connectivity index (χ0n) is 10.4. The molecule has 0 bridgehead atoms. The van der Waals surface area contributed by atoms with Gasteiger partial charge in [0.05, 0.1) is 18.1 Å². The van der Waals surface area contributed by atoms with Crippen molar-refractivity contribution >= 4 is 23.2 Å². The summed E-state index contributed by atoms with van der Waals surface area (Å²) < 4.78 is 4.78. The normalized spacial score (nSPS) is 9.95. The van der Waals surface area contributed by atoms with Crippen LogP contribution in [0.25, 0.3) is 0 Å². The summed E-state index contributed by atoms with van der Waals surface area (Å²) in [5.74, 6) is -0.143. The zero-order chi connectivity index (χ0) is 14.3. The Morgan fingerprint density at radius 2 is 2.32 bits per heavy atom. The first-order valence-corrected chi connectivity index (χ1v) is 5.45. The highest BCUT2D eigenvalue weighted by atomic mass is 16.6. The predicted octanol–water partition coefficient (Wildman–Crippen LogP) is -0.253. The Balaban J connectivity index is 2.48. The number of nitrogens with one attached hydrogen (secondary N) is 2. The molecule has 0 spiro atoms.